The molecule has 3 aromatic rings. The zero-order valence-corrected chi connectivity index (χ0v) is 16.4. The van der Waals surface area contributed by atoms with E-state index < -0.39 is 6.10 Å². The number of benzene rings is 3. The van der Waals surface area contributed by atoms with Crippen molar-refractivity contribution in [1.29, 1.82) is 0 Å². The molecule has 0 spiro atoms. The Kier molecular flexibility index (Phi) is 5.96. The van der Waals surface area contributed by atoms with Gasteiger partial charge in [0.2, 0.25) is 0 Å². The van der Waals surface area contributed by atoms with Crippen LogP contribution in [0.5, 0.6) is 11.5 Å². The van der Waals surface area contributed by atoms with Gasteiger partial charge in [0.25, 0.3) is 0 Å². The van der Waals surface area contributed by atoms with E-state index in [1.165, 1.54) is 0 Å². The van der Waals surface area contributed by atoms with Gasteiger partial charge in [-0.25, -0.2) is 0 Å². The lowest BCUT2D eigenvalue weighted by Gasteiger charge is -2.18. The highest BCUT2D eigenvalue weighted by atomic mass is 79.9. The normalized spacial score (nSPS) is 11.8. The molecule has 0 bridgehead atoms. The van der Waals surface area contributed by atoms with Gasteiger partial charge in [-0.2, -0.15) is 0 Å². The first kappa shape index (κ1) is 18.5. The predicted octanol–water partition coefficient (Wildman–Crippen LogP) is 5.43. The van der Waals surface area contributed by atoms with Gasteiger partial charge in [-0.15, -0.1) is 0 Å². The molecule has 0 radical (unpaired) electrons. The van der Waals surface area contributed by atoms with E-state index in [9.17, 15) is 5.11 Å². The molecule has 0 saturated carbocycles. The first-order valence-corrected chi connectivity index (χ1v) is 9.16. The van der Waals surface area contributed by atoms with Crippen molar-refractivity contribution < 1.29 is 14.6 Å². The van der Waals surface area contributed by atoms with Crippen molar-refractivity contribution in [2.24, 2.45) is 0 Å². The second kappa shape index (κ2) is 8.39. The second-order valence-electron chi connectivity index (χ2n) is 6.11. The van der Waals surface area contributed by atoms with Crippen LogP contribution >= 0.6 is 15.9 Å². The first-order chi connectivity index (χ1) is 12.6. The van der Waals surface area contributed by atoms with Crippen LogP contribution < -0.4 is 9.47 Å². The van der Waals surface area contributed by atoms with Crippen LogP contribution in [0, 0.1) is 6.92 Å². The molecule has 3 aromatic carbocycles. The Balaban J connectivity index is 1.89. The van der Waals surface area contributed by atoms with Gasteiger partial charge in [0.05, 0.1) is 7.11 Å². The highest BCUT2D eigenvalue weighted by molar-refractivity contribution is 9.10. The molecule has 0 aliphatic carbocycles. The fourth-order valence-corrected chi connectivity index (χ4v) is 3.24. The molecule has 0 amide bonds. The quantitative estimate of drug-likeness (QED) is 0.586. The van der Waals surface area contributed by atoms with E-state index in [1.807, 2.05) is 73.7 Å². The summed E-state index contributed by atoms with van der Waals surface area (Å²) in [7, 11) is 1.60. The molecule has 1 unspecified atom stereocenters. The summed E-state index contributed by atoms with van der Waals surface area (Å²) in [6, 6.07) is 21.4. The number of hydrogen-bond acceptors (Lipinski definition) is 3. The van der Waals surface area contributed by atoms with E-state index >= 15 is 0 Å². The Labute approximate surface area is 162 Å². The van der Waals surface area contributed by atoms with Crippen LogP contribution in [0.2, 0.25) is 0 Å². The maximum Gasteiger partial charge on any atom is 0.162 e. The minimum absolute atomic E-state index is 0.429. The number of aryl methyl sites for hydroxylation is 1. The van der Waals surface area contributed by atoms with Crippen LogP contribution in [-0.2, 0) is 6.61 Å². The highest BCUT2D eigenvalue weighted by Gasteiger charge is 2.18. The molecule has 0 aliphatic heterocycles. The van der Waals surface area contributed by atoms with Crippen LogP contribution in [0.1, 0.15) is 28.4 Å². The van der Waals surface area contributed by atoms with E-state index in [-0.39, 0.29) is 0 Å². The fraction of sp³-hybridized carbons (Fsp3) is 0.182. The fourth-order valence-electron chi connectivity index (χ4n) is 2.70. The van der Waals surface area contributed by atoms with E-state index in [0.717, 1.165) is 26.7 Å². The number of hydrogen-bond donors (Lipinski definition) is 1. The smallest absolute Gasteiger partial charge is 0.162 e. The largest absolute Gasteiger partial charge is 0.493 e. The Morgan fingerprint density at radius 1 is 0.962 bits per heavy atom. The van der Waals surface area contributed by atoms with E-state index in [0.29, 0.717) is 18.1 Å². The Bertz CT molecular complexity index is 861. The van der Waals surface area contributed by atoms with Crippen molar-refractivity contribution in [3.63, 3.8) is 0 Å². The predicted molar refractivity (Wildman–Crippen MR) is 107 cm³/mol. The molecule has 134 valence electrons. The van der Waals surface area contributed by atoms with Gasteiger partial charge in [-0.05, 0) is 30.2 Å². The van der Waals surface area contributed by atoms with E-state index in [1.54, 1.807) is 7.11 Å². The maximum atomic E-state index is 10.8. The van der Waals surface area contributed by atoms with Crippen LogP contribution in [0.3, 0.4) is 0 Å². The molecular formula is C22H21BrO3. The van der Waals surface area contributed by atoms with Crippen molar-refractivity contribution in [2.75, 3.05) is 7.11 Å². The zero-order chi connectivity index (χ0) is 18.5. The highest BCUT2D eigenvalue weighted by Crippen LogP contribution is 2.38. The third kappa shape index (κ3) is 4.26. The molecule has 26 heavy (non-hydrogen) atoms. The number of ether oxygens (including phenoxy) is 2. The van der Waals surface area contributed by atoms with Gasteiger partial charge in [-0.1, -0.05) is 76.1 Å². The van der Waals surface area contributed by atoms with Gasteiger partial charge >= 0.3 is 0 Å². The van der Waals surface area contributed by atoms with Gasteiger partial charge in [-0.3, -0.25) is 0 Å². The number of halogens is 1. The summed E-state index contributed by atoms with van der Waals surface area (Å²) in [5, 5.41) is 10.8. The number of aliphatic hydroxyl groups excluding tert-OH is 1. The minimum Gasteiger partial charge on any atom is -0.493 e. The molecule has 1 atom stereocenters. The molecule has 4 heteroatoms. The average molecular weight is 413 g/mol. The minimum atomic E-state index is -0.755. The van der Waals surface area contributed by atoms with Crippen LogP contribution in [-0.4, -0.2) is 12.2 Å². The molecule has 0 saturated heterocycles. The zero-order valence-electron chi connectivity index (χ0n) is 14.8. The molecule has 0 aliphatic rings. The van der Waals surface area contributed by atoms with Gasteiger partial charge in [0.15, 0.2) is 11.5 Å². The van der Waals surface area contributed by atoms with Crippen molar-refractivity contribution in [3.05, 3.63) is 93.5 Å². The van der Waals surface area contributed by atoms with Gasteiger partial charge in [0.1, 0.15) is 12.7 Å². The Morgan fingerprint density at radius 3 is 2.31 bits per heavy atom. The summed E-state index contributed by atoms with van der Waals surface area (Å²) >= 11 is 3.53. The lowest BCUT2D eigenvalue weighted by molar-refractivity contribution is 0.217. The lowest BCUT2D eigenvalue weighted by atomic mass is 10.00. The van der Waals surface area contributed by atoms with E-state index in [2.05, 4.69) is 15.9 Å². The van der Waals surface area contributed by atoms with Gasteiger partial charge in [0, 0.05) is 10.0 Å². The van der Waals surface area contributed by atoms with Crippen LogP contribution in [0.15, 0.2) is 71.2 Å². The first-order valence-electron chi connectivity index (χ1n) is 8.37. The summed E-state index contributed by atoms with van der Waals surface area (Å²) in [5.41, 5.74) is 3.79. The van der Waals surface area contributed by atoms with Crippen molar-refractivity contribution >= 4 is 15.9 Å². The molecule has 3 nitrogen and oxygen atoms in total. The maximum absolute atomic E-state index is 10.8. The molecule has 0 aromatic heterocycles. The van der Waals surface area contributed by atoms with Crippen molar-refractivity contribution in [1.82, 2.24) is 0 Å². The van der Waals surface area contributed by atoms with Crippen LogP contribution in [0.4, 0.5) is 0 Å². The number of methoxy groups -OCH3 is 1. The molecule has 0 heterocycles. The van der Waals surface area contributed by atoms with Gasteiger partial charge < -0.3 is 14.6 Å². The Hall–Kier alpha value is -2.30. The molecular weight excluding hydrogens is 392 g/mol. The van der Waals surface area contributed by atoms with Crippen LogP contribution in [0.25, 0.3) is 0 Å². The third-order valence-electron chi connectivity index (χ3n) is 4.21. The lowest BCUT2D eigenvalue weighted by Crippen LogP contribution is -2.04. The van der Waals surface area contributed by atoms with Crippen molar-refractivity contribution in [3.8, 4) is 11.5 Å². The Morgan fingerprint density at radius 2 is 1.65 bits per heavy atom. The SMILES string of the molecule is COc1cc(Br)c(C(O)c2ccc(C)cc2)cc1OCc1ccccc1. The topological polar surface area (TPSA) is 38.7 Å². The molecule has 3 rings (SSSR count). The number of aliphatic hydroxyl groups is 1. The molecule has 0 fully saturated rings. The summed E-state index contributed by atoms with van der Waals surface area (Å²) in [5.74, 6) is 1.22. The summed E-state index contributed by atoms with van der Waals surface area (Å²) in [6.07, 6.45) is -0.755. The summed E-state index contributed by atoms with van der Waals surface area (Å²) < 4.78 is 12.2. The summed E-state index contributed by atoms with van der Waals surface area (Å²) in [6.45, 7) is 2.45. The second-order valence-corrected chi connectivity index (χ2v) is 6.97. The monoisotopic (exact) mass is 412 g/mol. The summed E-state index contributed by atoms with van der Waals surface area (Å²) in [4.78, 5) is 0. The average Bonchev–Trinajstić information content (AvgIpc) is 2.67. The van der Waals surface area contributed by atoms with Crippen molar-refractivity contribution in [2.45, 2.75) is 19.6 Å². The third-order valence-corrected chi connectivity index (χ3v) is 4.89. The standard InChI is InChI=1S/C22H21BrO3/c1-15-8-10-17(11-9-15)22(24)18-12-21(20(25-2)13-19(18)23)26-14-16-6-4-3-5-7-16/h3-13,22,24H,14H2,1-2H3. The number of rotatable bonds is 6. The molecule has 1 N–H and O–H groups in total. The van der Waals surface area contributed by atoms with E-state index in [4.69, 9.17) is 9.47 Å².